The second kappa shape index (κ2) is 8.67. The fourth-order valence-corrected chi connectivity index (χ4v) is 3.65. The molecule has 27 heavy (non-hydrogen) atoms. The third kappa shape index (κ3) is 7.56. The van der Waals surface area contributed by atoms with E-state index in [1.807, 2.05) is 62.5 Å². The van der Waals surface area contributed by atoms with E-state index in [2.05, 4.69) is 10.6 Å². The monoisotopic (exact) mass is 409 g/mol. The highest BCUT2D eigenvalue weighted by atomic mass is 32.1. The molecule has 8 heteroatoms. The Morgan fingerprint density at radius 3 is 2.11 bits per heavy atom. The smallest absolute Gasteiger partial charge is 0.325 e. The van der Waals surface area contributed by atoms with Crippen molar-refractivity contribution in [2.24, 2.45) is 5.73 Å². The summed E-state index contributed by atoms with van der Waals surface area (Å²) in [6, 6.07) is 0. The SMILES string of the molecule is CC1(N)C=CC2=C(C=C1)C=CC(C)(NC(=S)NCCCCP(=O)(O)O)C=C2. The lowest BCUT2D eigenvalue weighted by Gasteiger charge is -2.25. The van der Waals surface area contributed by atoms with Crippen LogP contribution in [-0.2, 0) is 4.57 Å². The number of rotatable bonds is 6. The van der Waals surface area contributed by atoms with Crippen LogP contribution < -0.4 is 16.4 Å². The molecule has 0 aromatic rings. The molecule has 2 aliphatic rings. The fraction of sp³-hybridized carbons (Fsp3) is 0.421. The van der Waals surface area contributed by atoms with E-state index in [1.165, 1.54) is 0 Å². The van der Waals surface area contributed by atoms with Crippen LogP contribution in [0, 0.1) is 0 Å². The first kappa shape index (κ1) is 21.8. The lowest BCUT2D eigenvalue weighted by atomic mass is 10.0. The van der Waals surface area contributed by atoms with Gasteiger partial charge in [0, 0.05) is 12.7 Å². The molecule has 0 radical (unpaired) electrons. The summed E-state index contributed by atoms with van der Waals surface area (Å²) in [5, 5.41) is 6.87. The van der Waals surface area contributed by atoms with E-state index >= 15 is 0 Å². The predicted molar refractivity (Wildman–Crippen MR) is 114 cm³/mol. The van der Waals surface area contributed by atoms with Crippen molar-refractivity contribution in [3.63, 3.8) is 0 Å². The first-order chi connectivity index (χ1) is 12.5. The van der Waals surface area contributed by atoms with E-state index in [1.54, 1.807) is 0 Å². The number of unbranched alkanes of at least 4 members (excludes halogenated alkanes) is 1. The largest absolute Gasteiger partial charge is 0.363 e. The van der Waals surface area contributed by atoms with Gasteiger partial charge in [0.25, 0.3) is 0 Å². The summed E-state index contributed by atoms with van der Waals surface area (Å²) in [5.74, 6) is 0. The molecule has 2 aliphatic carbocycles. The number of nitrogens with one attached hydrogen (secondary N) is 2. The van der Waals surface area contributed by atoms with Gasteiger partial charge in [-0.1, -0.05) is 48.6 Å². The van der Waals surface area contributed by atoms with Crippen molar-refractivity contribution < 1.29 is 14.4 Å². The summed E-state index contributed by atoms with van der Waals surface area (Å²) in [6.07, 6.45) is 17.2. The average molecular weight is 409 g/mol. The minimum Gasteiger partial charge on any atom is -0.363 e. The Hall–Kier alpha value is -1.50. The van der Waals surface area contributed by atoms with Crippen LogP contribution in [0.4, 0.5) is 0 Å². The van der Waals surface area contributed by atoms with Crippen molar-refractivity contribution >= 4 is 24.9 Å². The van der Waals surface area contributed by atoms with Crippen LogP contribution in [0.15, 0.2) is 59.8 Å². The van der Waals surface area contributed by atoms with E-state index in [-0.39, 0.29) is 6.16 Å². The van der Waals surface area contributed by atoms with Gasteiger partial charge < -0.3 is 26.2 Å². The molecule has 148 valence electrons. The molecule has 6 N–H and O–H groups in total. The molecule has 0 atom stereocenters. The maximum atomic E-state index is 10.8. The third-order valence-corrected chi connectivity index (χ3v) is 5.49. The molecule has 0 spiro atoms. The first-order valence-electron chi connectivity index (χ1n) is 8.89. The van der Waals surface area contributed by atoms with Crippen molar-refractivity contribution in [2.45, 2.75) is 37.8 Å². The van der Waals surface area contributed by atoms with Crippen molar-refractivity contribution in [1.82, 2.24) is 10.6 Å². The number of nitrogens with two attached hydrogens (primary N) is 1. The van der Waals surface area contributed by atoms with Gasteiger partial charge in [0.1, 0.15) is 0 Å². The molecule has 0 aliphatic heterocycles. The minimum absolute atomic E-state index is 0.0990. The summed E-state index contributed by atoms with van der Waals surface area (Å²) in [6.45, 7) is 4.54. The molecule has 0 saturated heterocycles. The summed E-state index contributed by atoms with van der Waals surface area (Å²) in [5.41, 5.74) is 7.41. The zero-order valence-corrected chi connectivity index (χ0v) is 17.4. The molecule has 0 saturated carbocycles. The minimum atomic E-state index is -3.92. The lowest BCUT2D eigenvalue weighted by Crippen LogP contribution is -2.48. The summed E-state index contributed by atoms with van der Waals surface area (Å²) in [7, 11) is -3.92. The molecule has 0 bridgehead atoms. The molecule has 0 unspecified atom stereocenters. The Kier molecular flexibility index (Phi) is 7.00. The number of hydrogen-bond donors (Lipinski definition) is 5. The Bertz CT molecular complexity index is 739. The van der Waals surface area contributed by atoms with Crippen molar-refractivity contribution in [2.75, 3.05) is 12.7 Å². The van der Waals surface area contributed by atoms with E-state index in [0.29, 0.717) is 24.5 Å². The zero-order chi connectivity index (χ0) is 20.1. The van der Waals surface area contributed by atoms with Crippen LogP contribution in [-0.4, -0.2) is 38.7 Å². The van der Waals surface area contributed by atoms with E-state index in [4.69, 9.17) is 27.7 Å². The second-order valence-electron chi connectivity index (χ2n) is 7.37. The number of hydrogen-bond acceptors (Lipinski definition) is 3. The van der Waals surface area contributed by atoms with Gasteiger partial charge >= 0.3 is 7.60 Å². The van der Waals surface area contributed by atoms with Crippen molar-refractivity contribution in [3.8, 4) is 0 Å². The van der Waals surface area contributed by atoms with Crippen LogP contribution in [0.1, 0.15) is 26.7 Å². The van der Waals surface area contributed by atoms with Gasteiger partial charge in [-0.05, 0) is 50.1 Å². The van der Waals surface area contributed by atoms with Crippen LogP contribution in [0.3, 0.4) is 0 Å². The summed E-state index contributed by atoms with van der Waals surface area (Å²) in [4.78, 5) is 17.7. The van der Waals surface area contributed by atoms with Crippen molar-refractivity contribution in [1.29, 1.82) is 0 Å². The molecule has 0 amide bonds. The van der Waals surface area contributed by atoms with Gasteiger partial charge in [-0.2, -0.15) is 0 Å². The average Bonchev–Trinajstić information content (AvgIpc) is 2.78. The Balaban J connectivity index is 1.89. The highest BCUT2D eigenvalue weighted by Crippen LogP contribution is 2.35. The van der Waals surface area contributed by atoms with Crippen LogP contribution in [0.2, 0.25) is 0 Å². The molecule has 2 rings (SSSR count). The predicted octanol–water partition coefficient (Wildman–Crippen LogP) is 2.43. The lowest BCUT2D eigenvalue weighted by molar-refractivity contribution is 0.371. The Labute approximate surface area is 166 Å². The second-order valence-corrected chi connectivity index (χ2v) is 9.55. The van der Waals surface area contributed by atoms with Crippen molar-refractivity contribution in [3.05, 3.63) is 59.8 Å². The van der Waals surface area contributed by atoms with Gasteiger partial charge in [-0.25, -0.2) is 0 Å². The first-order valence-corrected chi connectivity index (χ1v) is 11.1. The highest BCUT2D eigenvalue weighted by Gasteiger charge is 2.21. The third-order valence-electron chi connectivity index (χ3n) is 4.34. The van der Waals surface area contributed by atoms with Crippen LogP contribution in [0.5, 0.6) is 0 Å². The molecule has 6 nitrogen and oxygen atoms in total. The zero-order valence-electron chi connectivity index (χ0n) is 15.7. The van der Waals surface area contributed by atoms with Gasteiger partial charge in [0.2, 0.25) is 0 Å². The topological polar surface area (TPSA) is 108 Å². The standard InChI is InChI=1S/C19H28N3O3PS/c1-18(20)9-5-15-7-11-19(2,12-8-16(15)6-10-18)22-17(27)21-13-3-4-14-26(23,24)25/h5-12H,3-4,13-14,20H2,1-2H3,(H2,21,22,27)(H2,23,24,25). The summed E-state index contributed by atoms with van der Waals surface area (Å²) >= 11 is 5.35. The highest BCUT2D eigenvalue weighted by molar-refractivity contribution is 7.80. The van der Waals surface area contributed by atoms with E-state index < -0.39 is 18.7 Å². The van der Waals surface area contributed by atoms with E-state index in [9.17, 15) is 4.57 Å². The maximum Gasteiger partial charge on any atom is 0.325 e. The normalized spacial score (nSPS) is 20.0. The Morgan fingerprint density at radius 2 is 1.59 bits per heavy atom. The van der Waals surface area contributed by atoms with Crippen LogP contribution >= 0.6 is 19.8 Å². The van der Waals surface area contributed by atoms with Gasteiger partial charge in [0.15, 0.2) is 5.11 Å². The van der Waals surface area contributed by atoms with Crippen LogP contribution in [0.25, 0.3) is 0 Å². The Morgan fingerprint density at radius 1 is 1.07 bits per heavy atom. The molecule has 0 heterocycles. The number of allylic oxidation sites excluding steroid dienone is 6. The maximum absolute atomic E-state index is 10.8. The quantitative estimate of drug-likeness (QED) is 0.261. The molecular weight excluding hydrogens is 381 g/mol. The van der Waals surface area contributed by atoms with Gasteiger partial charge in [0.05, 0.1) is 11.1 Å². The van der Waals surface area contributed by atoms with Gasteiger partial charge in [-0.3, -0.25) is 4.57 Å². The molecular formula is C19H28N3O3PS. The number of thiocarbonyl (C=S) groups is 1. The summed E-state index contributed by atoms with van der Waals surface area (Å²) < 4.78 is 10.8. The molecule has 0 aromatic heterocycles. The fourth-order valence-electron chi connectivity index (χ4n) is 2.69. The van der Waals surface area contributed by atoms with Gasteiger partial charge in [-0.15, -0.1) is 0 Å². The molecule has 0 fully saturated rings. The molecule has 0 aromatic carbocycles. The van der Waals surface area contributed by atoms with E-state index in [0.717, 1.165) is 11.1 Å².